The molecule has 126 valence electrons. The summed E-state index contributed by atoms with van der Waals surface area (Å²) in [6, 6.07) is 5.08. The zero-order chi connectivity index (χ0) is 17.0. The second kappa shape index (κ2) is 7.50. The molecular weight excluding hydrogens is 309 g/mol. The van der Waals surface area contributed by atoms with Crippen LogP contribution in [-0.4, -0.2) is 11.8 Å². The molecule has 0 amide bonds. The lowest BCUT2D eigenvalue weighted by atomic mass is 10.1. The number of benzene rings is 1. The van der Waals surface area contributed by atoms with Crippen LogP contribution in [0.2, 0.25) is 0 Å². The molecule has 7 heteroatoms. The van der Waals surface area contributed by atoms with Gasteiger partial charge in [0.2, 0.25) is 0 Å². The number of ether oxygens (including phenoxy) is 1. The number of nitrogens with zero attached hydrogens (tertiary/aromatic N) is 1. The first kappa shape index (κ1) is 17.3. The molecule has 1 aromatic carbocycles. The van der Waals surface area contributed by atoms with Crippen LogP contribution in [0.4, 0.5) is 13.2 Å². The van der Waals surface area contributed by atoms with Gasteiger partial charge in [-0.05, 0) is 18.9 Å². The third kappa shape index (κ3) is 4.72. The van der Waals surface area contributed by atoms with E-state index < -0.39 is 12.4 Å². The number of rotatable bonds is 7. The molecule has 0 spiro atoms. The highest BCUT2D eigenvalue weighted by atomic mass is 19.3. The Morgan fingerprint density at radius 1 is 1.22 bits per heavy atom. The average Bonchev–Trinajstić information content (AvgIpc) is 2.93. The maximum atomic E-state index is 13.2. The predicted molar refractivity (Wildman–Crippen MR) is 78.9 cm³/mol. The molecule has 4 nitrogen and oxygen atoms in total. The van der Waals surface area contributed by atoms with Gasteiger partial charge in [-0.15, -0.1) is 0 Å². The van der Waals surface area contributed by atoms with Gasteiger partial charge in [0.15, 0.2) is 5.76 Å². The molecule has 0 fully saturated rings. The Bertz CT molecular complexity index is 644. The normalized spacial score (nSPS) is 12.9. The van der Waals surface area contributed by atoms with E-state index in [9.17, 15) is 13.2 Å². The van der Waals surface area contributed by atoms with Crippen molar-refractivity contribution >= 4 is 0 Å². The Morgan fingerprint density at radius 3 is 2.57 bits per heavy atom. The Hall–Kier alpha value is -2.02. The van der Waals surface area contributed by atoms with Gasteiger partial charge in [0.1, 0.15) is 11.6 Å². The maximum Gasteiger partial charge on any atom is 0.387 e. The van der Waals surface area contributed by atoms with Crippen molar-refractivity contribution in [3.05, 3.63) is 47.1 Å². The van der Waals surface area contributed by atoms with Gasteiger partial charge in [-0.3, -0.25) is 0 Å². The molecule has 0 aliphatic heterocycles. The predicted octanol–water partition coefficient (Wildman–Crippen LogP) is 4.39. The van der Waals surface area contributed by atoms with Crippen molar-refractivity contribution in [2.45, 2.75) is 45.9 Å². The van der Waals surface area contributed by atoms with Crippen molar-refractivity contribution < 1.29 is 22.4 Å². The quantitative estimate of drug-likeness (QED) is 0.819. The zero-order valence-corrected chi connectivity index (χ0v) is 13.1. The summed E-state index contributed by atoms with van der Waals surface area (Å²) in [5.41, 5.74) is 1.29. The van der Waals surface area contributed by atoms with Gasteiger partial charge in [0, 0.05) is 23.7 Å². The third-order valence-electron chi connectivity index (χ3n) is 3.41. The summed E-state index contributed by atoms with van der Waals surface area (Å²) >= 11 is 0. The average molecular weight is 328 g/mol. The van der Waals surface area contributed by atoms with Crippen molar-refractivity contribution in [2.24, 2.45) is 0 Å². The molecule has 1 N–H and O–H groups in total. The molecule has 2 rings (SSSR count). The Balaban J connectivity index is 2.06. The van der Waals surface area contributed by atoms with Crippen molar-refractivity contribution in [3.63, 3.8) is 0 Å². The lowest BCUT2D eigenvalue weighted by molar-refractivity contribution is -0.0508. The number of nitrogens with one attached hydrogen (secondary N) is 1. The first-order chi connectivity index (χ1) is 10.9. The molecule has 23 heavy (non-hydrogen) atoms. The largest absolute Gasteiger partial charge is 0.434 e. The fraction of sp³-hybridized carbons (Fsp3) is 0.438. The molecule has 2 aromatic rings. The van der Waals surface area contributed by atoms with Crippen LogP contribution in [0, 0.1) is 5.82 Å². The van der Waals surface area contributed by atoms with Gasteiger partial charge >= 0.3 is 6.61 Å². The van der Waals surface area contributed by atoms with E-state index in [4.69, 9.17) is 4.52 Å². The standard InChI is InChI=1S/C16H19F3N2O2/c1-9(2)14-7-12(23-21-14)8-20-10(3)13-5-4-11(17)6-15(13)22-16(18)19/h4-7,9-10,16,20H,8H2,1-3H3. The van der Waals surface area contributed by atoms with E-state index in [2.05, 4.69) is 15.2 Å². The van der Waals surface area contributed by atoms with E-state index in [0.29, 0.717) is 17.9 Å². The molecule has 0 bridgehead atoms. The first-order valence-electron chi connectivity index (χ1n) is 7.30. The van der Waals surface area contributed by atoms with Crippen LogP contribution >= 0.6 is 0 Å². The van der Waals surface area contributed by atoms with Gasteiger partial charge in [0.05, 0.1) is 12.2 Å². The lowest BCUT2D eigenvalue weighted by Crippen LogP contribution is -2.19. The fourth-order valence-corrected chi connectivity index (χ4v) is 2.11. The van der Waals surface area contributed by atoms with E-state index in [1.54, 1.807) is 6.92 Å². The van der Waals surface area contributed by atoms with Gasteiger partial charge in [-0.2, -0.15) is 8.78 Å². The summed E-state index contributed by atoms with van der Waals surface area (Å²) in [6.07, 6.45) is 0. The molecular formula is C16H19F3N2O2. The number of hydrogen-bond acceptors (Lipinski definition) is 4. The van der Waals surface area contributed by atoms with E-state index in [-0.39, 0.29) is 17.7 Å². The molecule has 1 unspecified atom stereocenters. The third-order valence-corrected chi connectivity index (χ3v) is 3.41. The van der Waals surface area contributed by atoms with Gasteiger partial charge in [-0.25, -0.2) is 4.39 Å². The van der Waals surface area contributed by atoms with E-state index in [0.717, 1.165) is 11.8 Å². The van der Waals surface area contributed by atoms with Crippen molar-refractivity contribution in [1.29, 1.82) is 0 Å². The molecule has 0 saturated heterocycles. The van der Waals surface area contributed by atoms with Gasteiger partial charge in [-0.1, -0.05) is 25.1 Å². The molecule has 0 saturated carbocycles. The minimum absolute atomic E-state index is 0.180. The highest BCUT2D eigenvalue weighted by Gasteiger charge is 2.16. The van der Waals surface area contributed by atoms with Crippen LogP contribution in [0.1, 0.15) is 49.7 Å². The molecule has 0 radical (unpaired) electrons. The van der Waals surface area contributed by atoms with Gasteiger partial charge in [0.25, 0.3) is 0 Å². The minimum atomic E-state index is -3.01. The van der Waals surface area contributed by atoms with Crippen LogP contribution in [0.25, 0.3) is 0 Å². The van der Waals surface area contributed by atoms with E-state index >= 15 is 0 Å². The Labute approximate surface area is 132 Å². The summed E-state index contributed by atoms with van der Waals surface area (Å²) in [4.78, 5) is 0. The van der Waals surface area contributed by atoms with Gasteiger partial charge < -0.3 is 14.6 Å². The molecule has 0 aliphatic rings. The fourth-order valence-electron chi connectivity index (χ4n) is 2.11. The van der Waals surface area contributed by atoms with E-state index in [1.807, 2.05) is 19.9 Å². The molecule has 1 heterocycles. The van der Waals surface area contributed by atoms with Crippen molar-refractivity contribution in [3.8, 4) is 5.75 Å². The number of aromatic nitrogens is 1. The summed E-state index contributed by atoms with van der Waals surface area (Å²) in [6.45, 7) is 3.14. The minimum Gasteiger partial charge on any atom is -0.434 e. The first-order valence-corrected chi connectivity index (χ1v) is 7.30. The number of halogens is 3. The highest BCUT2D eigenvalue weighted by Crippen LogP contribution is 2.28. The second-order valence-corrected chi connectivity index (χ2v) is 5.54. The maximum absolute atomic E-state index is 13.2. The van der Waals surface area contributed by atoms with Crippen LogP contribution in [0.5, 0.6) is 5.75 Å². The van der Waals surface area contributed by atoms with E-state index in [1.165, 1.54) is 12.1 Å². The highest BCUT2D eigenvalue weighted by molar-refractivity contribution is 5.36. The van der Waals surface area contributed by atoms with Crippen molar-refractivity contribution in [1.82, 2.24) is 10.5 Å². The topological polar surface area (TPSA) is 47.3 Å². The monoisotopic (exact) mass is 328 g/mol. The zero-order valence-electron chi connectivity index (χ0n) is 13.1. The number of hydrogen-bond donors (Lipinski definition) is 1. The summed E-state index contributed by atoms with van der Waals surface area (Å²) in [7, 11) is 0. The SMILES string of the molecule is CC(C)c1cc(CNC(C)c2ccc(F)cc2OC(F)F)on1. The summed E-state index contributed by atoms with van der Waals surface area (Å²) in [5, 5.41) is 7.07. The Kier molecular flexibility index (Phi) is 5.65. The second-order valence-electron chi connectivity index (χ2n) is 5.54. The molecule has 1 aromatic heterocycles. The number of alkyl halides is 2. The lowest BCUT2D eigenvalue weighted by Gasteiger charge is -2.17. The molecule has 1 atom stereocenters. The summed E-state index contributed by atoms with van der Waals surface area (Å²) < 4.78 is 47.7. The molecule has 0 aliphatic carbocycles. The van der Waals surface area contributed by atoms with Crippen LogP contribution in [0.3, 0.4) is 0 Å². The van der Waals surface area contributed by atoms with Crippen LogP contribution in [0.15, 0.2) is 28.8 Å². The Morgan fingerprint density at radius 2 is 1.96 bits per heavy atom. The van der Waals surface area contributed by atoms with Crippen molar-refractivity contribution in [2.75, 3.05) is 0 Å². The van der Waals surface area contributed by atoms with Crippen LogP contribution in [-0.2, 0) is 6.54 Å². The summed E-state index contributed by atoms with van der Waals surface area (Å²) in [5.74, 6) is 0.0842. The van der Waals surface area contributed by atoms with Crippen LogP contribution < -0.4 is 10.1 Å². The smallest absolute Gasteiger partial charge is 0.387 e.